The predicted molar refractivity (Wildman–Crippen MR) is 274 cm³/mol. The van der Waals surface area contributed by atoms with Gasteiger partial charge in [-0.05, 0) is 50.0 Å². The first kappa shape index (κ1) is 62.4. The van der Waals surface area contributed by atoms with Gasteiger partial charge in [0.15, 0.2) is 0 Å². The largest absolute Gasteiger partial charge is 0.447 e. The smallest absolute Gasteiger partial charge is 0.407 e. The van der Waals surface area contributed by atoms with Crippen LogP contribution in [0.15, 0.2) is 40.9 Å². The number of likely N-dealkylation sites (tertiary alicyclic amines) is 1. The number of nitrogens with zero attached hydrogens (tertiary/aromatic N) is 4. The molecule has 0 radical (unpaired) electrons. The molecular weight excluding hydrogens is 983 g/mol. The molecule has 422 valence electrons. The average Bonchev–Trinajstić information content (AvgIpc) is 4.02. The Bertz CT molecular complexity index is 1920. The number of carbonyl (C=O) groups excluding carboxylic acids is 5. The van der Waals surface area contributed by atoms with Crippen LogP contribution < -0.4 is 16.4 Å². The topological polar surface area (TPSA) is 279 Å². The maximum Gasteiger partial charge on any atom is 0.407 e. The predicted octanol–water partition coefficient (Wildman–Crippen LogP) is 1.05. The fourth-order valence-electron chi connectivity index (χ4n) is 7.48. The molecule has 1 fully saturated rings. The van der Waals surface area contributed by atoms with Crippen molar-refractivity contribution in [2.24, 2.45) is 10.7 Å². The molecule has 0 spiro atoms. The van der Waals surface area contributed by atoms with Crippen molar-refractivity contribution in [2.75, 3.05) is 185 Å². The van der Waals surface area contributed by atoms with Crippen LogP contribution in [0.4, 0.5) is 10.5 Å². The molecule has 3 aliphatic heterocycles. The maximum atomic E-state index is 13.7. The second kappa shape index (κ2) is 39.3. The highest BCUT2D eigenvalue weighted by molar-refractivity contribution is 6.06. The minimum atomic E-state index is -1.07. The van der Waals surface area contributed by atoms with Gasteiger partial charge in [0, 0.05) is 68.5 Å². The number of amides is 5. The van der Waals surface area contributed by atoms with Crippen molar-refractivity contribution in [1.29, 1.82) is 0 Å². The van der Waals surface area contributed by atoms with Crippen LogP contribution in [0.2, 0.25) is 0 Å². The van der Waals surface area contributed by atoms with E-state index in [1.54, 1.807) is 17.0 Å². The molecular formula is C51H81N7O17. The van der Waals surface area contributed by atoms with Crippen molar-refractivity contribution >= 4 is 47.3 Å². The molecule has 5 amide bonds. The summed E-state index contributed by atoms with van der Waals surface area (Å²) < 4.78 is 60.0. The third-order valence-corrected chi connectivity index (χ3v) is 11.3. The zero-order chi connectivity index (χ0) is 53.6. The number of nitrogens with two attached hydrogens (primary N) is 1. The first-order valence-corrected chi connectivity index (χ1v) is 26.0. The number of amidine groups is 1. The van der Waals surface area contributed by atoms with Crippen LogP contribution in [0.1, 0.15) is 54.9 Å². The lowest BCUT2D eigenvalue weighted by atomic mass is 10.0. The summed E-state index contributed by atoms with van der Waals surface area (Å²) in [6.07, 6.45) is 6.23. The van der Waals surface area contributed by atoms with Crippen LogP contribution in [0.25, 0.3) is 6.08 Å². The highest BCUT2D eigenvalue weighted by atomic mass is 16.6. The van der Waals surface area contributed by atoms with E-state index in [2.05, 4.69) is 15.6 Å². The summed E-state index contributed by atoms with van der Waals surface area (Å²) in [5, 5.41) is 15.0. The molecule has 24 heteroatoms. The number of nitrogens with one attached hydrogen (secondary N) is 2. The summed E-state index contributed by atoms with van der Waals surface area (Å²) in [6, 6.07) is 5.35. The van der Waals surface area contributed by atoms with Crippen LogP contribution in [0.5, 0.6) is 0 Å². The van der Waals surface area contributed by atoms with E-state index < -0.39 is 18.2 Å². The van der Waals surface area contributed by atoms with Crippen molar-refractivity contribution in [3.63, 3.8) is 0 Å². The Morgan fingerprint density at radius 3 is 1.69 bits per heavy atom. The van der Waals surface area contributed by atoms with E-state index >= 15 is 0 Å². The lowest BCUT2D eigenvalue weighted by Gasteiger charge is -2.23. The monoisotopic (exact) mass is 1060 g/mol. The SMILES string of the molecule is CCCN(CCCNC(=O)OCCOCCOCCOCCOCCOCCOCCOCCOCCOCCOCCNC(=O)CN1C(=O)C=CC1O)C(=O)C1=Cc2ccc(C(=O)N3CCCC3)cc2N=C(N)C1. The van der Waals surface area contributed by atoms with Gasteiger partial charge in [-0.25, -0.2) is 9.79 Å². The summed E-state index contributed by atoms with van der Waals surface area (Å²) in [5.41, 5.74) is 8.64. The van der Waals surface area contributed by atoms with Crippen molar-refractivity contribution in [3.05, 3.63) is 47.1 Å². The molecule has 0 aliphatic carbocycles. The third-order valence-electron chi connectivity index (χ3n) is 11.3. The van der Waals surface area contributed by atoms with Crippen LogP contribution >= 0.6 is 0 Å². The Hall–Kier alpha value is -5.12. The molecule has 4 rings (SSSR count). The number of aliphatic imine (C=N–C) groups is 1. The van der Waals surface area contributed by atoms with E-state index in [-0.39, 0.29) is 50.4 Å². The molecule has 24 nitrogen and oxygen atoms in total. The summed E-state index contributed by atoms with van der Waals surface area (Å²) >= 11 is 0. The van der Waals surface area contributed by atoms with E-state index in [0.717, 1.165) is 42.8 Å². The van der Waals surface area contributed by atoms with Gasteiger partial charge < -0.3 is 88.3 Å². The van der Waals surface area contributed by atoms with Crippen molar-refractivity contribution < 1.29 is 81.2 Å². The highest BCUT2D eigenvalue weighted by Crippen LogP contribution is 2.29. The molecule has 0 saturated carbocycles. The zero-order valence-electron chi connectivity index (χ0n) is 43.7. The Morgan fingerprint density at radius 2 is 1.20 bits per heavy atom. The molecule has 0 aromatic heterocycles. The number of hydrogen-bond acceptors (Lipinski definition) is 19. The van der Waals surface area contributed by atoms with Gasteiger partial charge >= 0.3 is 6.09 Å². The maximum absolute atomic E-state index is 13.7. The van der Waals surface area contributed by atoms with Gasteiger partial charge in [0.2, 0.25) is 17.7 Å². The van der Waals surface area contributed by atoms with Crippen LogP contribution in [-0.2, 0) is 66.5 Å². The second-order valence-corrected chi connectivity index (χ2v) is 17.1. The Labute approximate surface area is 440 Å². The van der Waals surface area contributed by atoms with E-state index in [0.29, 0.717) is 174 Å². The van der Waals surface area contributed by atoms with Crippen LogP contribution in [0, 0.1) is 0 Å². The third kappa shape index (κ3) is 27.0. The van der Waals surface area contributed by atoms with Gasteiger partial charge in [-0.1, -0.05) is 13.0 Å². The number of hydrogen-bond donors (Lipinski definition) is 4. The Kier molecular flexibility index (Phi) is 32.7. The van der Waals surface area contributed by atoms with Crippen molar-refractivity contribution in [3.8, 4) is 0 Å². The van der Waals surface area contributed by atoms with Gasteiger partial charge in [0.1, 0.15) is 25.2 Å². The first-order valence-electron chi connectivity index (χ1n) is 26.0. The molecule has 3 heterocycles. The number of aliphatic hydroxyl groups is 1. The molecule has 1 atom stereocenters. The van der Waals surface area contributed by atoms with E-state index in [9.17, 15) is 29.1 Å². The number of rotatable bonds is 43. The molecule has 3 aliphatic rings. The Morgan fingerprint density at radius 1 is 0.693 bits per heavy atom. The normalized spacial score (nSPS) is 15.2. The van der Waals surface area contributed by atoms with E-state index in [1.807, 2.05) is 24.0 Å². The quantitative estimate of drug-likeness (QED) is 0.0666. The standard InChI is InChI=1S/C51H81N7O17/c1-2-12-56(50(63)43-37-41-6-7-42(38-44(41)55-45(52)39-43)49(62)57-13-3-4-14-57)15-5-10-54-51(64)75-36-35-74-34-33-73-32-31-72-30-29-71-28-27-70-26-25-69-24-23-68-22-21-67-20-19-66-18-17-65-16-11-53-46(59)40-58-47(60)8-9-48(58)61/h6-9,37-38,47,60H,2-5,10-36,39-40H2,1H3,(H2,52,55)(H,53,59)(H,54,64). The number of benzene rings is 1. The highest BCUT2D eigenvalue weighted by Gasteiger charge is 2.26. The molecule has 1 unspecified atom stereocenters. The molecule has 5 N–H and O–H groups in total. The molecule has 0 bridgehead atoms. The lowest BCUT2D eigenvalue weighted by Crippen LogP contribution is -2.43. The Balaban J connectivity index is 0.829. The van der Waals surface area contributed by atoms with Gasteiger partial charge in [0.05, 0.1) is 138 Å². The van der Waals surface area contributed by atoms with Crippen molar-refractivity contribution in [1.82, 2.24) is 25.3 Å². The molecule has 1 aromatic rings. The number of fused-ring (bicyclic) bond motifs is 1. The van der Waals surface area contributed by atoms with Gasteiger partial charge in [-0.2, -0.15) is 0 Å². The second-order valence-electron chi connectivity index (χ2n) is 17.1. The molecule has 1 saturated heterocycles. The van der Waals surface area contributed by atoms with Crippen molar-refractivity contribution in [2.45, 2.75) is 45.3 Å². The average molecular weight is 1060 g/mol. The van der Waals surface area contributed by atoms with E-state index in [1.165, 1.54) is 12.2 Å². The van der Waals surface area contributed by atoms with Gasteiger partial charge in [0.25, 0.3) is 5.91 Å². The number of carbonyl (C=O) groups is 5. The number of alkyl carbamates (subject to hydrolysis) is 1. The zero-order valence-corrected chi connectivity index (χ0v) is 43.7. The fourth-order valence-corrected chi connectivity index (χ4v) is 7.48. The number of aliphatic hydroxyl groups excluding tert-OH is 1. The summed E-state index contributed by atoms with van der Waals surface area (Å²) in [4.78, 5) is 71.4. The van der Waals surface area contributed by atoms with Crippen LogP contribution in [0.3, 0.4) is 0 Å². The number of ether oxygens (including phenoxy) is 11. The first-order chi connectivity index (χ1) is 36.7. The lowest BCUT2D eigenvalue weighted by molar-refractivity contribution is -0.137. The van der Waals surface area contributed by atoms with E-state index in [4.69, 9.17) is 57.8 Å². The summed E-state index contributed by atoms with van der Waals surface area (Å²) in [5.74, 6) is -0.633. The van der Waals surface area contributed by atoms with Crippen LogP contribution in [-0.4, -0.2) is 246 Å². The molecule has 75 heavy (non-hydrogen) atoms. The van der Waals surface area contributed by atoms with Gasteiger partial charge in [-0.3, -0.25) is 19.2 Å². The minimum absolute atomic E-state index is 0.0205. The summed E-state index contributed by atoms with van der Waals surface area (Å²) in [7, 11) is 0. The summed E-state index contributed by atoms with van der Waals surface area (Å²) in [6.45, 7) is 13.0. The molecule has 1 aromatic carbocycles. The minimum Gasteiger partial charge on any atom is -0.447 e. The van der Waals surface area contributed by atoms with Gasteiger partial charge in [-0.15, -0.1) is 0 Å². The fraction of sp³-hybridized carbons (Fsp3) is 0.686.